The molecule has 1 rings (SSSR count). The molecule has 8 heavy (non-hydrogen) atoms. The molecule has 0 saturated carbocycles. The monoisotopic (exact) mass is 183 g/mol. The summed E-state index contributed by atoms with van der Waals surface area (Å²) in [6.07, 6.45) is 6.76. The molecule has 0 saturated heterocycles. The second-order valence-corrected chi connectivity index (χ2v) is 5.15. The zero-order valence-corrected chi connectivity index (χ0v) is 7.69. The van der Waals surface area contributed by atoms with Crippen molar-refractivity contribution >= 4 is 0 Å². The Morgan fingerprint density at radius 3 is 2.38 bits per heavy atom. The molecule has 0 spiro atoms. The number of allylic oxidation sites excluding steroid dienone is 4. The fourth-order valence-corrected chi connectivity index (χ4v) is 1.64. The van der Waals surface area contributed by atoms with Crippen molar-refractivity contribution < 1.29 is 24.7 Å². The van der Waals surface area contributed by atoms with Gasteiger partial charge in [-0.05, 0) is 0 Å². The fraction of sp³-hybridized carbons (Fsp3) is 0.429. The second kappa shape index (κ2) is 1.95. The van der Waals surface area contributed by atoms with Crippen LogP contribution >= 0.6 is 0 Å². The Labute approximate surface area is 65.5 Å². The zero-order chi connectivity index (χ0) is 6.20. The first-order valence-corrected chi connectivity index (χ1v) is 3.97. The molecule has 1 aliphatic carbocycles. The van der Waals surface area contributed by atoms with Crippen LogP contribution in [0.15, 0.2) is 23.8 Å². The van der Waals surface area contributed by atoms with E-state index >= 15 is 0 Å². The molecule has 0 aromatic heterocycles. The normalized spacial score (nSPS) is 35.4. The molecule has 41 valence electrons. The van der Waals surface area contributed by atoms with Gasteiger partial charge >= 0.3 is 65.5 Å². The predicted octanol–water partition coefficient (Wildman–Crippen LogP) is 2.23. The van der Waals surface area contributed by atoms with Gasteiger partial charge in [-0.25, -0.2) is 0 Å². The van der Waals surface area contributed by atoms with Gasteiger partial charge in [-0.2, -0.15) is 0 Å². The van der Waals surface area contributed by atoms with Crippen LogP contribution in [0.5, 0.6) is 0 Å². The van der Waals surface area contributed by atoms with Crippen molar-refractivity contribution in [2.24, 2.45) is 0 Å². The van der Waals surface area contributed by atoms with E-state index in [2.05, 4.69) is 32.1 Å². The molecular formula is C7H9Zr. The van der Waals surface area contributed by atoms with E-state index in [-0.39, 0.29) is 0 Å². The van der Waals surface area contributed by atoms with E-state index in [1.807, 2.05) is 0 Å². The second-order valence-electron chi connectivity index (χ2n) is 2.50. The Morgan fingerprint density at radius 1 is 1.62 bits per heavy atom. The van der Waals surface area contributed by atoms with Crippen molar-refractivity contribution in [2.75, 3.05) is 0 Å². The molecule has 0 radical (unpaired) electrons. The maximum absolute atomic E-state index is 2.31. The molecule has 1 unspecified atom stereocenters. The summed E-state index contributed by atoms with van der Waals surface area (Å²) in [7, 11) is 0. The molecule has 1 atom stereocenters. The summed E-state index contributed by atoms with van der Waals surface area (Å²) in [5.41, 5.74) is 1.41. The minimum atomic E-state index is 0.413. The topological polar surface area (TPSA) is 0 Å². The van der Waals surface area contributed by atoms with Crippen molar-refractivity contribution in [3.8, 4) is 0 Å². The van der Waals surface area contributed by atoms with Crippen molar-refractivity contribution in [1.82, 2.24) is 0 Å². The summed E-state index contributed by atoms with van der Waals surface area (Å²) in [5, 5.41) is 0. The molecule has 0 amide bonds. The van der Waals surface area contributed by atoms with Gasteiger partial charge in [0.05, 0.1) is 0 Å². The van der Waals surface area contributed by atoms with Gasteiger partial charge < -0.3 is 0 Å². The Morgan fingerprint density at radius 2 is 2.25 bits per heavy atom. The van der Waals surface area contributed by atoms with Gasteiger partial charge in [0, 0.05) is 0 Å². The average molecular weight is 184 g/mol. The molecule has 0 aliphatic heterocycles. The SMILES string of the molecule is CC1=C[C](C)([Zr])C=C1. The van der Waals surface area contributed by atoms with Gasteiger partial charge in [0.2, 0.25) is 0 Å². The molecule has 1 heteroatoms. The third-order valence-corrected chi connectivity index (χ3v) is 1.98. The Kier molecular flexibility index (Phi) is 1.58. The number of hydrogen-bond acceptors (Lipinski definition) is 0. The third kappa shape index (κ3) is 1.42. The molecule has 0 fully saturated rings. The van der Waals surface area contributed by atoms with E-state index in [1.165, 1.54) is 5.57 Å². The van der Waals surface area contributed by atoms with Crippen molar-refractivity contribution in [1.29, 1.82) is 0 Å². The summed E-state index contributed by atoms with van der Waals surface area (Å²) in [4.78, 5) is 0. The summed E-state index contributed by atoms with van der Waals surface area (Å²) >= 11 is 1.58. The van der Waals surface area contributed by atoms with Gasteiger partial charge in [-0.3, -0.25) is 0 Å². The molecule has 0 nitrogen and oxygen atoms in total. The summed E-state index contributed by atoms with van der Waals surface area (Å²) < 4.78 is 0.413. The van der Waals surface area contributed by atoms with Gasteiger partial charge in [0.25, 0.3) is 0 Å². The maximum atomic E-state index is 2.31. The van der Waals surface area contributed by atoms with Crippen LogP contribution in [-0.2, 0) is 24.7 Å². The summed E-state index contributed by atoms with van der Waals surface area (Å²) in [6, 6.07) is 0. The molecule has 0 N–H and O–H groups in total. The molecular weight excluding hydrogens is 175 g/mol. The van der Waals surface area contributed by atoms with E-state index in [0.717, 1.165) is 0 Å². The Bertz CT molecular complexity index is 152. The average Bonchev–Trinajstić information content (AvgIpc) is 1.82. The van der Waals surface area contributed by atoms with Gasteiger partial charge in [0.15, 0.2) is 0 Å². The molecule has 0 heterocycles. The molecule has 0 bridgehead atoms. The van der Waals surface area contributed by atoms with Gasteiger partial charge in [-0.15, -0.1) is 0 Å². The van der Waals surface area contributed by atoms with E-state index < -0.39 is 0 Å². The minimum absolute atomic E-state index is 0.413. The van der Waals surface area contributed by atoms with Crippen molar-refractivity contribution in [2.45, 2.75) is 17.0 Å². The van der Waals surface area contributed by atoms with Crippen molar-refractivity contribution in [3.63, 3.8) is 0 Å². The Hall–Kier alpha value is 0.363. The van der Waals surface area contributed by atoms with E-state index in [4.69, 9.17) is 0 Å². The fourth-order valence-electron chi connectivity index (χ4n) is 0.874. The third-order valence-electron chi connectivity index (χ3n) is 1.22. The van der Waals surface area contributed by atoms with Crippen LogP contribution in [0.1, 0.15) is 13.8 Å². The van der Waals surface area contributed by atoms with Gasteiger partial charge in [0.1, 0.15) is 0 Å². The zero-order valence-electron chi connectivity index (χ0n) is 5.23. The summed E-state index contributed by atoms with van der Waals surface area (Å²) in [5.74, 6) is 0. The first kappa shape index (κ1) is 6.48. The van der Waals surface area contributed by atoms with Crippen LogP contribution in [0.2, 0.25) is 3.12 Å². The van der Waals surface area contributed by atoms with Gasteiger partial charge in [-0.1, -0.05) is 0 Å². The van der Waals surface area contributed by atoms with Crippen molar-refractivity contribution in [3.05, 3.63) is 23.8 Å². The number of rotatable bonds is 0. The summed E-state index contributed by atoms with van der Waals surface area (Å²) in [6.45, 7) is 4.39. The van der Waals surface area contributed by atoms with Crippen LogP contribution < -0.4 is 0 Å². The van der Waals surface area contributed by atoms with Crippen LogP contribution in [0.25, 0.3) is 0 Å². The first-order chi connectivity index (χ1) is 3.60. The molecule has 1 aliphatic rings. The van der Waals surface area contributed by atoms with E-state index in [0.29, 0.717) is 3.12 Å². The first-order valence-electron chi connectivity index (χ1n) is 2.74. The van der Waals surface area contributed by atoms with E-state index in [1.54, 1.807) is 24.7 Å². The molecule has 0 aromatic carbocycles. The van der Waals surface area contributed by atoms with Crippen LogP contribution in [-0.4, -0.2) is 0 Å². The standard InChI is InChI=1S/C7H9.Zr/c1-6-3-4-7(2)5-6;/h3-5H,1-2H3;. The number of hydrogen-bond donors (Lipinski definition) is 0. The van der Waals surface area contributed by atoms with Crippen LogP contribution in [0.4, 0.5) is 0 Å². The Balaban J connectivity index is 2.84. The van der Waals surface area contributed by atoms with Crippen LogP contribution in [0.3, 0.4) is 0 Å². The predicted molar refractivity (Wildman–Crippen MR) is 31.3 cm³/mol. The quantitative estimate of drug-likeness (QED) is 0.541. The van der Waals surface area contributed by atoms with E-state index in [9.17, 15) is 0 Å². The molecule has 0 aromatic rings. The van der Waals surface area contributed by atoms with Crippen LogP contribution in [0, 0.1) is 0 Å².